The van der Waals surface area contributed by atoms with Gasteiger partial charge in [0.15, 0.2) is 0 Å². The van der Waals surface area contributed by atoms with Gasteiger partial charge in [-0.3, -0.25) is 4.98 Å². The van der Waals surface area contributed by atoms with Crippen LogP contribution >= 0.6 is 0 Å². The second-order valence-corrected chi connectivity index (χ2v) is 11.3. The average Bonchev–Trinajstić information content (AvgIpc) is 3.35. The third-order valence-corrected chi connectivity index (χ3v) is 8.46. The van der Waals surface area contributed by atoms with E-state index in [9.17, 15) is 9.90 Å². The number of halogens is 2. The summed E-state index contributed by atoms with van der Waals surface area (Å²) in [6.45, 7) is 2.04. The number of nitrogens with two attached hydrogens (primary N) is 1. The lowest BCUT2D eigenvalue weighted by Gasteiger charge is -2.39. The van der Waals surface area contributed by atoms with Crippen LogP contribution in [0.3, 0.4) is 0 Å². The van der Waals surface area contributed by atoms with Crippen LogP contribution in [0.5, 0.6) is 0 Å². The fourth-order valence-electron chi connectivity index (χ4n) is 6.18. The Morgan fingerprint density at radius 3 is 2.64 bits per heavy atom. The molecular formula is C30H32F2N6O4. The zero-order valence-corrected chi connectivity index (χ0v) is 23.3. The molecule has 1 saturated heterocycles. The van der Waals surface area contributed by atoms with Gasteiger partial charge in [-0.15, -0.1) is 0 Å². The van der Waals surface area contributed by atoms with Gasteiger partial charge in [-0.25, -0.2) is 23.1 Å². The Kier molecular flexibility index (Phi) is 7.37. The van der Waals surface area contributed by atoms with Crippen LogP contribution in [-0.2, 0) is 21.5 Å². The third kappa shape index (κ3) is 5.10. The highest BCUT2D eigenvalue weighted by atomic mass is 19.1. The van der Waals surface area contributed by atoms with Crippen molar-refractivity contribution in [3.63, 3.8) is 0 Å². The molecule has 1 aliphatic heterocycles. The Morgan fingerprint density at radius 1 is 1.21 bits per heavy atom. The second kappa shape index (κ2) is 11.0. The SMILES string of the molecule is COC(=O)N[C@@H]1[C@H](N)C[C@H](c2ccncc2Cc2ncc3ccc(-c4c(F)cc(C5(O)COC5)cc4F)nn23)C[C@@H]1C. The Balaban J connectivity index is 1.28. The molecule has 2 aliphatic rings. The maximum absolute atomic E-state index is 15.2. The second-order valence-electron chi connectivity index (χ2n) is 11.3. The predicted octanol–water partition coefficient (Wildman–Crippen LogP) is 3.44. The zero-order chi connectivity index (χ0) is 29.6. The normalized spacial score (nSPS) is 23.4. The van der Waals surface area contributed by atoms with E-state index in [4.69, 9.17) is 15.2 Å². The van der Waals surface area contributed by atoms with Gasteiger partial charge in [0.2, 0.25) is 0 Å². The van der Waals surface area contributed by atoms with Gasteiger partial charge in [-0.05, 0) is 71.7 Å². The number of aliphatic hydroxyl groups is 1. The summed E-state index contributed by atoms with van der Waals surface area (Å²) >= 11 is 0. The molecular weight excluding hydrogens is 546 g/mol. The lowest BCUT2D eigenvalue weighted by molar-refractivity contribution is -0.184. The number of nitrogens with one attached hydrogen (secondary N) is 1. The topological polar surface area (TPSA) is 137 Å². The molecule has 42 heavy (non-hydrogen) atoms. The third-order valence-electron chi connectivity index (χ3n) is 8.46. The van der Waals surface area contributed by atoms with Crippen LogP contribution in [0.15, 0.2) is 48.9 Å². The summed E-state index contributed by atoms with van der Waals surface area (Å²) in [6.07, 6.45) is 6.55. The van der Waals surface area contributed by atoms with Crippen LogP contribution in [0.1, 0.15) is 48.2 Å². The number of imidazole rings is 1. The van der Waals surface area contributed by atoms with Gasteiger partial charge in [0.1, 0.15) is 23.1 Å². The molecule has 220 valence electrons. The maximum Gasteiger partial charge on any atom is 0.407 e. The minimum atomic E-state index is -1.39. The molecule has 1 aromatic carbocycles. The molecule has 12 heteroatoms. The van der Waals surface area contributed by atoms with E-state index in [1.165, 1.54) is 7.11 Å². The number of benzene rings is 1. The molecule has 6 rings (SSSR count). The highest BCUT2D eigenvalue weighted by molar-refractivity contribution is 5.67. The number of hydrogen-bond acceptors (Lipinski definition) is 8. The fraction of sp³-hybridized carbons (Fsp3) is 0.400. The predicted molar refractivity (Wildman–Crippen MR) is 149 cm³/mol. The number of nitrogens with zero attached hydrogens (tertiary/aromatic N) is 4. The summed E-state index contributed by atoms with van der Waals surface area (Å²) in [5, 5.41) is 17.9. The first kappa shape index (κ1) is 28.1. The van der Waals surface area contributed by atoms with E-state index in [1.807, 2.05) is 6.07 Å². The summed E-state index contributed by atoms with van der Waals surface area (Å²) < 4.78 is 41.8. The summed E-state index contributed by atoms with van der Waals surface area (Å²) in [6, 6.07) is 7.04. The molecule has 4 atom stereocenters. The molecule has 4 heterocycles. The highest BCUT2D eigenvalue weighted by Gasteiger charge is 2.39. The molecule has 0 spiro atoms. The Hall–Kier alpha value is -4.00. The van der Waals surface area contributed by atoms with E-state index >= 15 is 8.78 Å². The lowest BCUT2D eigenvalue weighted by Crippen LogP contribution is -2.54. The van der Waals surface area contributed by atoms with Crippen molar-refractivity contribution in [1.82, 2.24) is 24.9 Å². The number of carbonyl (C=O) groups excluding carboxylic acids is 1. The molecule has 1 amide bonds. The van der Waals surface area contributed by atoms with Crippen LogP contribution in [0, 0.1) is 17.6 Å². The first-order valence-electron chi connectivity index (χ1n) is 13.8. The van der Waals surface area contributed by atoms with Crippen molar-refractivity contribution in [2.75, 3.05) is 20.3 Å². The van der Waals surface area contributed by atoms with E-state index in [0.29, 0.717) is 24.2 Å². The maximum atomic E-state index is 15.2. The summed E-state index contributed by atoms with van der Waals surface area (Å²) in [7, 11) is 1.33. The van der Waals surface area contributed by atoms with Crippen molar-refractivity contribution in [3.05, 3.63) is 83.1 Å². The largest absolute Gasteiger partial charge is 0.453 e. The van der Waals surface area contributed by atoms with E-state index in [2.05, 4.69) is 27.3 Å². The van der Waals surface area contributed by atoms with Crippen molar-refractivity contribution < 1.29 is 28.2 Å². The van der Waals surface area contributed by atoms with Crippen molar-refractivity contribution in [2.24, 2.45) is 11.7 Å². The van der Waals surface area contributed by atoms with Crippen LogP contribution in [0.25, 0.3) is 16.8 Å². The molecule has 4 aromatic rings. The standard InChI is InChI=1S/C30H32F2N6O4/c1-16-7-17(8-24(33)28(16)36-29(39)41-2)21-5-6-34-12-18(21)9-26-35-13-20-3-4-25(37-38(20)26)27-22(31)10-19(11-23(27)32)30(40)14-42-15-30/h3-6,10-13,16-17,24,28,40H,7-9,14-15,33H2,1-2H3,(H,36,39)/t16-,17+,24+,28-/m0/s1. The Morgan fingerprint density at radius 2 is 1.98 bits per heavy atom. The van der Waals surface area contributed by atoms with Crippen LogP contribution in [0.2, 0.25) is 0 Å². The van der Waals surface area contributed by atoms with Gasteiger partial charge < -0.3 is 25.6 Å². The number of amides is 1. The highest BCUT2D eigenvalue weighted by Crippen LogP contribution is 2.38. The fourth-order valence-corrected chi connectivity index (χ4v) is 6.18. The number of pyridine rings is 1. The summed E-state index contributed by atoms with van der Waals surface area (Å²) in [5.41, 5.74) is 7.76. The number of ether oxygens (including phenoxy) is 2. The number of hydrogen-bond donors (Lipinski definition) is 3. The van der Waals surface area contributed by atoms with Gasteiger partial charge in [0, 0.05) is 30.9 Å². The summed E-state index contributed by atoms with van der Waals surface area (Å²) in [4.78, 5) is 20.7. The minimum Gasteiger partial charge on any atom is -0.453 e. The van der Waals surface area contributed by atoms with Gasteiger partial charge in [0.05, 0.1) is 43.3 Å². The molecule has 3 aromatic heterocycles. The molecule has 4 N–H and O–H groups in total. The molecule has 0 radical (unpaired) electrons. The first-order valence-corrected chi connectivity index (χ1v) is 13.8. The van der Waals surface area contributed by atoms with Gasteiger partial charge in [-0.2, -0.15) is 5.10 Å². The average molecular weight is 579 g/mol. The van der Waals surface area contributed by atoms with Crippen LogP contribution < -0.4 is 11.1 Å². The molecule has 0 bridgehead atoms. The lowest BCUT2D eigenvalue weighted by atomic mass is 9.72. The van der Waals surface area contributed by atoms with E-state index in [0.717, 1.165) is 29.7 Å². The first-order chi connectivity index (χ1) is 20.2. The quantitative estimate of drug-likeness (QED) is 0.317. The minimum absolute atomic E-state index is 0.0131. The summed E-state index contributed by atoms with van der Waals surface area (Å²) in [5.74, 6) is -0.815. The van der Waals surface area contributed by atoms with E-state index in [-0.39, 0.29) is 54.0 Å². The molecule has 0 unspecified atom stereocenters. The number of rotatable bonds is 6. The number of methoxy groups -OCH3 is 1. The monoisotopic (exact) mass is 578 g/mol. The Labute approximate surface area is 240 Å². The number of fused-ring (bicyclic) bond motifs is 1. The van der Waals surface area contributed by atoms with E-state index in [1.54, 1.807) is 35.2 Å². The van der Waals surface area contributed by atoms with Gasteiger partial charge >= 0.3 is 6.09 Å². The van der Waals surface area contributed by atoms with E-state index < -0.39 is 23.3 Å². The van der Waals surface area contributed by atoms with Crippen LogP contribution in [0.4, 0.5) is 13.6 Å². The van der Waals surface area contributed by atoms with Crippen molar-refractivity contribution in [3.8, 4) is 11.3 Å². The molecule has 2 fully saturated rings. The zero-order valence-electron chi connectivity index (χ0n) is 23.3. The number of carbonyl (C=O) groups is 1. The van der Waals surface area contributed by atoms with Gasteiger partial charge in [-0.1, -0.05) is 6.92 Å². The Bertz CT molecular complexity index is 1610. The number of aromatic nitrogens is 4. The van der Waals surface area contributed by atoms with Gasteiger partial charge in [0.25, 0.3) is 0 Å². The van der Waals surface area contributed by atoms with Crippen molar-refractivity contribution in [1.29, 1.82) is 0 Å². The van der Waals surface area contributed by atoms with Crippen LogP contribution in [-0.4, -0.2) is 63.2 Å². The number of alkyl carbamates (subject to hydrolysis) is 1. The van der Waals surface area contributed by atoms with Crippen molar-refractivity contribution >= 4 is 11.6 Å². The van der Waals surface area contributed by atoms with Crippen molar-refractivity contribution in [2.45, 2.75) is 49.8 Å². The molecule has 1 saturated carbocycles. The smallest absolute Gasteiger partial charge is 0.407 e. The molecule has 10 nitrogen and oxygen atoms in total. The molecule has 1 aliphatic carbocycles.